The summed E-state index contributed by atoms with van der Waals surface area (Å²) in [5.74, 6) is 0. The lowest BCUT2D eigenvalue weighted by Crippen LogP contribution is -2.15. The van der Waals surface area contributed by atoms with Crippen LogP contribution in [0.1, 0.15) is 18.4 Å². The predicted octanol–water partition coefficient (Wildman–Crippen LogP) is 2.27. The Bertz CT molecular complexity index is 581. The number of aryl methyl sites for hydroxylation is 1. The van der Waals surface area contributed by atoms with Gasteiger partial charge in [-0.2, -0.15) is 0 Å². The number of benzene rings is 1. The lowest BCUT2D eigenvalue weighted by molar-refractivity contribution is 0.664. The molecule has 100 valence electrons. The minimum Gasteiger partial charge on any atom is -0.310 e. The highest BCUT2D eigenvalue weighted by Gasteiger charge is 2.20. The molecular formula is C12H14ClN5S. The zero-order chi connectivity index (χ0) is 13.2. The zero-order valence-electron chi connectivity index (χ0n) is 10.5. The molecule has 0 radical (unpaired) electrons. The van der Waals surface area contributed by atoms with Gasteiger partial charge in [0.1, 0.15) is 0 Å². The van der Waals surface area contributed by atoms with E-state index in [4.69, 9.17) is 11.6 Å². The number of nitrogens with one attached hydrogen (secondary N) is 1. The van der Waals surface area contributed by atoms with Gasteiger partial charge in [0.15, 0.2) is 0 Å². The molecule has 1 fully saturated rings. The summed E-state index contributed by atoms with van der Waals surface area (Å²) < 4.78 is 1.64. The van der Waals surface area contributed by atoms with E-state index in [2.05, 4.69) is 33.0 Å². The van der Waals surface area contributed by atoms with Crippen molar-refractivity contribution in [2.45, 2.75) is 35.5 Å². The summed E-state index contributed by atoms with van der Waals surface area (Å²) in [5.41, 5.74) is 1.13. The molecule has 7 heteroatoms. The first-order valence-corrected chi connectivity index (χ1v) is 7.34. The third kappa shape index (κ3) is 3.26. The second-order valence-electron chi connectivity index (χ2n) is 4.60. The van der Waals surface area contributed by atoms with Crippen molar-refractivity contribution in [1.82, 2.24) is 25.5 Å². The molecule has 1 heterocycles. The van der Waals surface area contributed by atoms with E-state index in [0.29, 0.717) is 6.04 Å². The highest BCUT2D eigenvalue weighted by Crippen LogP contribution is 2.29. The largest absolute Gasteiger partial charge is 0.310 e. The smallest absolute Gasteiger partial charge is 0.213 e. The summed E-state index contributed by atoms with van der Waals surface area (Å²) in [6.45, 7) is 0.833. The van der Waals surface area contributed by atoms with Crippen LogP contribution in [0.4, 0.5) is 0 Å². The van der Waals surface area contributed by atoms with E-state index >= 15 is 0 Å². The Labute approximate surface area is 120 Å². The number of tetrazole rings is 1. The molecule has 0 unspecified atom stereocenters. The third-order valence-electron chi connectivity index (χ3n) is 2.97. The summed E-state index contributed by atoms with van der Waals surface area (Å²) in [6, 6.07) is 6.76. The first-order chi connectivity index (χ1) is 9.22. The highest BCUT2D eigenvalue weighted by atomic mass is 35.5. The maximum absolute atomic E-state index is 6.30. The number of nitrogens with zero attached hydrogens (tertiary/aromatic N) is 4. The van der Waals surface area contributed by atoms with Crippen molar-refractivity contribution in [2.24, 2.45) is 7.05 Å². The molecular weight excluding hydrogens is 282 g/mol. The van der Waals surface area contributed by atoms with Crippen molar-refractivity contribution in [1.29, 1.82) is 0 Å². The van der Waals surface area contributed by atoms with Crippen LogP contribution in [0.25, 0.3) is 0 Å². The fourth-order valence-corrected chi connectivity index (χ4v) is 2.77. The zero-order valence-corrected chi connectivity index (χ0v) is 12.1. The second-order valence-corrected chi connectivity index (χ2v) is 6.04. The molecule has 3 rings (SSSR count). The molecule has 1 aromatic heterocycles. The normalized spacial score (nSPS) is 14.8. The van der Waals surface area contributed by atoms with Crippen molar-refractivity contribution < 1.29 is 0 Å². The molecule has 1 aromatic carbocycles. The van der Waals surface area contributed by atoms with Gasteiger partial charge in [0, 0.05) is 29.6 Å². The summed E-state index contributed by atoms with van der Waals surface area (Å²) >= 11 is 7.80. The molecule has 19 heavy (non-hydrogen) atoms. The van der Waals surface area contributed by atoms with Gasteiger partial charge in [0.25, 0.3) is 0 Å². The average molecular weight is 296 g/mol. The Balaban J connectivity index is 1.69. The monoisotopic (exact) mass is 295 g/mol. The third-order valence-corrected chi connectivity index (χ3v) is 4.34. The van der Waals surface area contributed by atoms with E-state index in [9.17, 15) is 0 Å². The summed E-state index contributed by atoms with van der Waals surface area (Å²) in [6.07, 6.45) is 2.56. The van der Waals surface area contributed by atoms with Crippen molar-refractivity contribution in [2.75, 3.05) is 0 Å². The van der Waals surface area contributed by atoms with Crippen LogP contribution in [0.5, 0.6) is 0 Å². The molecule has 1 N–H and O–H groups in total. The Morgan fingerprint density at radius 2 is 2.32 bits per heavy atom. The summed E-state index contributed by atoms with van der Waals surface area (Å²) in [4.78, 5) is 1.04. The van der Waals surface area contributed by atoms with Gasteiger partial charge < -0.3 is 5.32 Å². The number of hydrogen-bond acceptors (Lipinski definition) is 5. The predicted molar refractivity (Wildman–Crippen MR) is 74.2 cm³/mol. The van der Waals surface area contributed by atoms with E-state index in [0.717, 1.165) is 27.2 Å². The van der Waals surface area contributed by atoms with Crippen LogP contribution in [0.2, 0.25) is 5.02 Å². The molecule has 0 aliphatic heterocycles. The van der Waals surface area contributed by atoms with E-state index in [1.54, 1.807) is 4.68 Å². The van der Waals surface area contributed by atoms with E-state index in [1.165, 1.54) is 24.6 Å². The fourth-order valence-electron chi connectivity index (χ4n) is 1.69. The Morgan fingerprint density at radius 1 is 1.47 bits per heavy atom. The van der Waals surface area contributed by atoms with Crippen molar-refractivity contribution in [3.8, 4) is 0 Å². The lowest BCUT2D eigenvalue weighted by atomic mass is 10.2. The minimum absolute atomic E-state index is 0.690. The number of rotatable bonds is 5. The number of halogens is 1. The molecule has 2 aromatic rings. The first kappa shape index (κ1) is 12.9. The summed E-state index contributed by atoms with van der Waals surface area (Å²) in [5, 5.41) is 16.3. The number of hydrogen-bond donors (Lipinski definition) is 1. The van der Waals surface area contributed by atoms with Crippen LogP contribution in [0.15, 0.2) is 28.3 Å². The molecule has 5 nitrogen and oxygen atoms in total. The molecule has 0 saturated heterocycles. The molecule has 1 saturated carbocycles. The van der Waals surface area contributed by atoms with Gasteiger partial charge in [-0.25, -0.2) is 4.68 Å². The second kappa shape index (κ2) is 5.48. The van der Waals surface area contributed by atoms with E-state index in [1.807, 2.05) is 13.1 Å². The van der Waals surface area contributed by atoms with Crippen LogP contribution in [-0.2, 0) is 13.6 Å². The maximum atomic E-state index is 6.30. The van der Waals surface area contributed by atoms with Gasteiger partial charge in [-0.15, -0.1) is 5.10 Å². The van der Waals surface area contributed by atoms with Gasteiger partial charge in [0.2, 0.25) is 5.16 Å². The minimum atomic E-state index is 0.690. The van der Waals surface area contributed by atoms with Gasteiger partial charge in [-0.3, -0.25) is 0 Å². The van der Waals surface area contributed by atoms with Crippen LogP contribution >= 0.6 is 23.4 Å². The van der Waals surface area contributed by atoms with Crippen molar-refractivity contribution in [3.63, 3.8) is 0 Å². The molecule has 0 atom stereocenters. The van der Waals surface area contributed by atoms with Crippen LogP contribution in [0, 0.1) is 0 Å². The van der Waals surface area contributed by atoms with E-state index in [-0.39, 0.29) is 0 Å². The van der Waals surface area contributed by atoms with Gasteiger partial charge in [0.05, 0.1) is 0 Å². The standard InChI is InChI=1S/C12H14ClN5S/c1-18-12(15-16-17-18)19-10-5-2-8(11(13)6-10)7-14-9-3-4-9/h2,5-6,9,14H,3-4,7H2,1H3. The van der Waals surface area contributed by atoms with Crippen LogP contribution in [0.3, 0.4) is 0 Å². The van der Waals surface area contributed by atoms with Crippen molar-refractivity contribution in [3.05, 3.63) is 28.8 Å². The molecule has 0 spiro atoms. The van der Waals surface area contributed by atoms with Gasteiger partial charge >= 0.3 is 0 Å². The van der Waals surface area contributed by atoms with Crippen LogP contribution in [-0.4, -0.2) is 26.2 Å². The summed E-state index contributed by atoms with van der Waals surface area (Å²) in [7, 11) is 1.82. The SMILES string of the molecule is Cn1nnnc1Sc1ccc(CNC2CC2)c(Cl)c1. The molecule has 1 aliphatic rings. The molecule has 1 aliphatic carbocycles. The lowest BCUT2D eigenvalue weighted by Gasteiger charge is -2.07. The Kier molecular flexibility index (Phi) is 3.72. The fraction of sp³-hybridized carbons (Fsp3) is 0.417. The van der Waals surface area contributed by atoms with Gasteiger partial charge in [-0.1, -0.05) is 17.7 Å². The van der Waals surface area contributed by atoms with E-state index < -0.39 is 0 Å². The average Bonchev–Trinajstić information content (AvgIpc) is 3.13. The van der Waals surface area contributed by atoms with Gasteiger partial charge in [-0.05, 0) is 52.7 Å². The Morgan fingerprint density at radius 3 is 2.95 bits per heavy atom. The Hall–Kier alpha value is -1.11. The first-order valence-electron chi connectivity index (χ1n) is 6.14. The molecule has 0 bridgehead atoms. The molecule has 0 amide bonds. The topological polar surface area (TPSA) is 55.6 Å². The van der Waals surface area contributed by atoms with Crippen molar-refractivity contribution >= 4 is 23.4 Å². The van der Waals surface area contributed by atoms with Crippen LogP contribution < -0.4 is 5.32 Å². The number of aromatic nitrogens is 4. The maximum Gasteiger partial charge on any atom is 0.213 e. The quantitative estimate of drug-likeness (QED) is 0.917. The highest BCUT2D eigenvalue weighted by molar-refractivity contribution is 7.99.